The van der Waals surface area contributed by atoms with Crippen molar-refractivity contribution in [1.29, 1.82) is 0 Å². The number of rotatable bonds is 7. The van der Waals surface area contributed by atoms with Crippen LogP contribution in [-0.4, -0.2) is 33.2 Å². The van der Waals surface area contributed by atoms with Gasteiger partial charge in [-0.2, -0.15) is 5.10 Å². The number of benzene rings is 2. The molecule has 4 rings (SSSR count). The van der Waals surface area contributed by atoms with Gasteiger partial charge in [0.05, 0.1) is 11.5 Å². The summed E-state index contributed by atoms with van der Waals surface area (Å²) in [5.41, 5.74) is 6.35. The van der Waals surface area contributed by atoms with Gasteiger partial charge in [0.2, 0.25) is 0 Å². The molecular formula is C23H20FN5O3S2. The fraction of sp³-hybridized carbons (Fsp3) is 0.130. The zero-order chi connectivity index (χ0) is 24.1. The van der Waals surface area contributed by atoms with Crippen LogP contribution in [0.5, 0.6) is 5.75 Å². The van der Waals surface area contributed by atoms with Crippen LogP contribution < -0.4 is 15.6 Å². The molecule has 0 atom stereocenters. The Morgan fingerprint density at radius 2 is 1.76 bits per heavy atom. The summed E-state index contributed by atoms with van der Waals surface area (Å²) in [4.78, 5) is 26.2. The van der Waals surface area contributed by atoms with Gasteiger partial charge in [-0.15, -0.1) is 11.3 Å². The van der Waals surface area contributed by atoms with Gasteiger partial charge in [-0.05, 0) is 73.2 Å². The van der Waals surface area contributed by atoms with Gasteiger partial charge in [0.25, 0.3) is 11.8 Å². The van der Waals surface area contributed by atoms with E-state index in [9.17, 15) is 14.0 Å². The van der Waals surface area contributed by atoms with Crippen molar-refractivity contribution >= 4 is 35.4 Å². The Morgan fingerprint density at radius 3 is 2.47 bits per heavy atom. The van der Waals surface area contributed by atoms with Crippen molar-refractivity contribution in [1.82, 2.24) is 25.6 Å². The normalized spacial score (nSPS) is 10.6. The van der Waals surface area contributed by atoms with Crippen molar-refractivity contribution in [2.24, 2.45) is 0 Å². The van der Waals surface area contributed by atoms with E-state index in [2.05, 4.69) is 21.0 Å². The number of hydrogen-bond acceptors (Lipinski definition) is 6. The number of nitrogens with zero attached hydrogens (tertiary/aromatic N) is 2. The quantitative estimate of drug-likeness (QED) is 0.261. The Bertz CT molecular complexity index is 1360. The number of nitrogens with one attached hydrogen (secondary N) is 3. The van der Waals surface area contributed by atoms with E-state index in [1.54, 1.807) is 24.3 Å². The second-order valence-corrected chi connectivity index (χ2v) is 8.54. The number of H-pyrrole nitrogens is 1. The first-order valence-corrected chi connectivity index (χ1v) is 11.5. The molecule has 0 aliphatic heterocycles. The molecule has 0 aliphatic rings. The molecule has 4 aromatic rings. The van der Waals surface area contributed by atoms with Crippen molar-refractivity contribution in [2.45, 2.75) is 13.5 Å². The molecule has 0 saturated heterocycles. The van der Waals surface area contributed by atoms with Crippen molar-refractivity contribution in [3.05, 3.63) is 76.1 Å². The second-order valence-electron chi connectivity index (χ2n) is 7.07. The van der Waals surface area contributed by atoms with Crippen LogP contribution in [0.2, 0.25) is 0 Å². The molecule has 0 unspecified atom stereocenters. The zero-order valence-electron chi connectivity index (χ0n) is 18.0. The molecule has 2 amide bonds. The Kier molecular flexibility index (Phi) is 7.14. The molecule has 0 saturated carbocycles. The standard InChI is InChI=1S/C23H20FN5O3S2/c1-2-32-17-9-5-15(6-10-17)21-26-28-23(33)29(21)13-20(30)25-27-22(31)19-12-11-18(34-19)14-3-7-16(24)8-4-14/h3-12H,2,13H2,1H3,(H,25,30)(H,27,31)(H,28,33). The van der Waals surface area contributed by atoms with Crippen LogP contribution in [0.15, 0.2) is 60.7 Å². The predicted octanol–water partition coefficient (Wildman–Crippen LogP) is 4.34. The number of hydrogen-bond donors (Lipinski definition) is 3. The highest BCUT2D eigenvalue weighted by Gasteiger charge is 2.15. The molecule has 0 radical (unpaired) electrons. The first-order chi connectivity index (χ1) is 16.4. The molecule has 0 bridgehead atoms. The summed E-state index contributed by atoms with van der Waals surface area (Å²) in [6, 6.07) is 16.7. The van der Waals surface area contributed by atoms with Gasteiger partial charge in [-0.3, -0.25) is 30.1 Å². The first kappa shape index (κ1) is 23.3. The Hall–Kier alpha value is -3.83. The smallest absolute Gasteiger partial charge is 0.279 e. The van der Waals surface area contributed by atoms with Gasteiger partial charge in [0.15, 0.2) is 10.6 Å². The number of ether oxygens (including phenoxy) is 1. The molecule has 2 aromatic carbocycles. The van der Waals surface area contributed by atoms with Gasteiger partial charge in [0.1, 0.15) is 18.1 Å². The summed E-state index contributed by atoms with van der Waals surface area (Å²) in [5.74, 6) is -0.0627. The molecule has 174 valence electrons. The summed E-state index contributed by atoms with van der Waals surface area (Å²) < 4.78 is 20.4. The molecule has 0 fully saturated rings. The van der Waals surface area contributed by atoms with E-state index in [1.807, 2.05) is 31.2 Å². The minimum atomic E-state index is -0.478. The van der Waals surface area contributed by atoms with E-state index in [0.29, 0.717) is 17.3 Å². The lowest BCUT2D eigenvalue weighted by Gasteiger charge is -2.09. The molecule has 2 heterocycles. The Balaban J connectivity index is 1.38. The van der Waals surface area contributed by atoms with Gasteiger partial charge < -0.3 is 4.74 Å². The van der Waals surface area contributed by atoms with Crippen molar-refractivity contribution in [3.63, 3.8) is 0 Å². The van der Waals surface area contributed by atoms with E-state index in [0.717, 1.165) is 21.8 Å². The molecule has 34 heavy (non-hydrogen) atoms. The summed E-state index contributed by atoms with van der Waals surface area (Å²) >= 11 is 6.49. The third-order valence-electron chi connectivity index (χ3n) is 4.76. The SMILES string of the molecule is CCOc1ccc(-c2n[nH]c(=S)n2CC(=O)NNC(=O)c2ccc(-c3ccc(F)cc3)s2)cc1. The van der Waals surface area contributed by atoms with E-state index in [1.165, 1.54) is 28.0 Å². The number of hydrazine groups is 1. The van der Waals surface area contributed by atoms with Crippen LogP contribution in [0.4, 0.5) is 4.39 Å². The number of aromatic amines is 1. The van der Waals surface area contributed by atoms with E-state index < -0.39 is 11.8 Å². The minimum absolute atomic E-state index is 0.149. The number of aromatic nitrogens is 3. The second kappa shape index (κ2) is 10.4. The van der Waals surface area contributed by atoms with E-state index >= 15 is 0 Å². The van der Waals surface area contributed by atoms with Crippen molar-refractivity contribution in [3.8, 4) is 27.6 Å². The van der Waals surface area contributed by atoms with Gasteiger partial charge in [-0.1, -0.05) is 12.1 Å². The average molecular weight is 498 g/mol. The zero-order valence-corrected chi connectivity index (χ0v) is 19.6. The maximum atomic E-state index is 13.1. The van der Waals surface area contributed by atoms with Gasteiger partial charge in [0, 0.05) is 10.4 Å². The number of amides is 2. The van der Waals surface area contributed by atoms with Crippen molar-refractivity contribution < 1.29 is 18.7 Å². The predicted molar refractivity (Wildman–Crippen MR) is 129 cm³/mol. The van der Waals surface area contributed by atoms with Crippen LogP contribution >= 0.6 is 23.6 Å². The fourth-order valence-electron chi connectivity index (χ4n) is 3.15. The van der Waals surface area contributed by atoms with E-state index in [4.69, 9.17) is 17.0 Å². The van der Waals surface area contributed by atoms with Gasteiger partial charge >= 0.3 is 0 Å². The van der Waals surface area contributed by atoms with Crippen LogP contribution in [-0.2, 0) is 11.3 Å². The lowest BCUT2D eigenvalue weighted by Crippen LogP contribution is -2.43. The number of carbonyl (C=O) groups excluding carboxylic acids is 2. The molecule has 8 nitrogen and oxygen atoms in total. The maximum Gasteiger partial charge on any atom is 0.279 e. The number of thiophene rings is 1. The van der Waals surface area contributed by atoms with E-state index in [-0.39, 0.29) is 17.1 Å². The molecule has 0 spiro atoms. The largest absolute Gasteiger partial charge is 0.494 e. The maximum absolute atomic E-state index is 13.1. The molecule has 11 heteroatoms. The summed E-state index contributed by atoms with van der Waals surface area (Å²) in [7, 11) is 0. The first-order valence-electron chi connectivity index (χ1n) is 10.3. The highest BCUT2D eigenvalue weighted by Crippen LogP contribution is 2.28. The minimum Gasteiger partial charge on any atom is -0.494 e. The fourth-order valence-corrected chi connectivity index (χ4v) is 4.26. The van der Waals surface area contributed by atoms with Crippen LogP contribution in [0.1, 0.15) is 16.6 Å². The highest BCUT2D eigenvalue weighted by atomic mass is 32.1. The molecule has 2 aromatic heterocycles. The number of carbonyl (C=O) groups is 2. The summed E-state index contributed by atoms with van der Waals surface area (Å²) in [6.07, 6.45) is 0. The number of halogens is 1. The lowest BCUT2D eigenvalue weighted by molar-refractivity contribution is -0.122. The van der Waals surface area contributed by atoms with Crippen LogP contribution in [0.3, 0.4) is 0 Å². The lowest BCUT2D eigenvalue weighted by atomic mass is 10.2. The van der Waals surface area contributed by atoms with Gasteiger partial charge in [-0.25, -0.2) is 4.39 Å². The summed E-state index contributed by atoms with van der Waals surface area (Å²) in [5, 5.41) is 6.90. The van der Waals surface area contributed by atoms with Crippen LogP contribution in [0, 0.1) is 10.6 Å². The summed E-state index contributed by atoms with van der Waals surface area (Å²) in [6.45, 7) is 2.31. The Morgan fingerprint density at radius 1 is 1.06 bits per heavy atom. The van der Waals surface area contributed by atoms with Crippen molar-refractivity contribution in [2.75, 3.05) is 6.61 Å². The third kappa shape index (κ3) is 5.38. The topological polar surface area (TPSA) is 101 Å². The molecule has 0 aliphatic carbocycles. The molecular weight excluding hydrogens is 477 g/mol. The highest BCUT2D eigenvalue weighted by molar-refractivity contribution is 7.71. The Labute approximate surface area is 203 Å². The molecule has 3 N–H and O–H groups in total. The monoisotopic (exact) mass is 497 g/mol. The average Bonchev–Trinajstić information content (AvgIpc) is 3.47. The third-order valence-corrected chi connectivity index (χ3v) is 6.20. The van der Waals surface area contributed by atoms with Crippen LogP contribution in [0.25, 0.3) is 21.8 Å².